The monoisotopic (exact) mass is 204 g/mol. The third-order valence-electron chi connectivity index (χ3n) is 0.930. The van der Waals surface area contributed by atoms with Gasteiger partial charge < -0.3 is 0 Å². The fraction of sp³-hybridized carbons (Fsp3) is 0.571. The van der Waals surface area contributed by atoms with Crippen LogP contribution < -0.4 is 0 Å². The first-order valence-electron chi connectivity index (χ1n) is 3.06. The minimum absolute atomic E-state index is 1.09. The zero-order valence-electron chi connectivity index (χ0n) is 6.46. The van der Waals surface area contributed by atoms with Crippen molar-refractivity contribution in [1.29, 1.82) is 0 Å². The van der Waals surface area contributed by atoms with Crippen LogP contribution in [0, 0.1) is 0 Å². The number of rotatable bonds is 1. The Morgan fingerprint density at radius 2 is 1.89 bits per heavy atom. The lowest BCUT2D eigenvalue weighted by Crippen LogP contribution is -2.19. The lowest BCUT2D eigenvalue weighted by molar-refractivity contribution is 1.72. The lowest BCUT2D eigenvalue weighted by Gasteiger charge is -2.11. The van der Waals surface area contributed by atoms with E-state index in [4.69, 9.17) is 0 Å². The van der Waals surface area contributed by atoms with Crippen molar-refractivity contribution in [3.8, 4) is 0 Å². The number of halogens is 1. The molecule has 0 atom stereocenters. The van der Waals surface area contributed by atoms with Gasteiger partial charge in [0.05, 0.1) is 8.07 Å². The first-order valence-corrected chi connectivity index (χ1v) is 7.35. The predicted octanol–water partition coefficient (Wildman–Crippen LogP) is 3.32. The second-order valence-electron chi connectivity index (χ2n) is 3.00. The van der Waals surface area contributed by atoms with E-state index in [-0.39, 0.29) is 0 Å². The van der Waals surface area contributed by atoms with E-state index in [2.05, 4.69) is 41.3 Å². The van der Waals surface area contributed by atoms with Gasteiger partial charge >= 0.3 is 0 Å². The Bertz CT molecular complexity index is 147. The fourth-order valence-electron chi connectivity index (χ4n) is 0.343. The zero-order valence-corrected chi connectivity index (χ0v) is 9.04. The van der Waals surface area contributed by atoms with Crippen LogP contribution in [0.15, 0.2) is 15.9 Å². The van der Waals surface area contributed by atoms with Crippen LogP contribution in [0.4, 0.5) is 0 Å². The molecule has 0 nitrogen and oxygen atoms in total. The first kappa shape index (κ1) is 9.22. The van der Waals surface area contributed by atoms with Crippen molar-refractivity contribution >= 4 is 24.0 Å². The molecular weight excluding hydrogens is 192 g/mol. The Balaban J connectivity index is 4.40. The maximum atomic E-state index is 3.49. The second-order valence-corrected chi connectivity index (χ2v) is 9.52. The molecule has 0 fully saturated rings. The Hall–Kier alpha value is 0.217. The summed E-state index contributed by atoms with van der Waals surface area (Å²) in [6.45, 7) is 8.84. The molecule has 0 heterocycles. The molecule has 0 radical (unpaired) electrons. The highest BCUT2D eigenvalue weighted by molar-refractivity contribution is 9.12. The van der Waals surface area contributed by atoms with Crippen molar-refractivity contribution in [2.24, 2.45) is 0 Å². The van der Waals surface area contributed by atoms with Gasteiger partial charge in [0.15, 0.2) is 0 Å². The van der Waals surface area contributed by atoms with Crippen LogP contribution in [0.2, 0.25) is 19.6 Å². The van der Waals surface area contributed by atoms with Gasteiger partial charge in [-0.1, -0.05) is 35.6 Å². The van der Waals surface area contributed by atoms with Crippen molar-refractivity contribution in [3.63, 3.8) is 0 Å². The maximum absolute atomic E-state index is 3.49. The van der Waals surface area contributed by atoms with E-state index in [1.807, 2.05) is 13.0 Å². The van der Waals surface area contributed by atoms with Gasteiger partial charge in [0, 0.05) is 4.11 Å². The average molecular weight is 205 g/mol. The summed E-state index contributed by atoms with van der Waals surface area (Å²) in [5.41, 5.74) is 3.16. The molecule has 0 spiro atoms. The van der Waals surface area contributed by atoms with Crippen molar-refractivity contribution in [2.75, 3.05) is 0 Å². The maximum Gasteiger partial charge on any atom is 0.0966 e. The molecule has 0 aliphatic carbocycles. The standard InChI is InChI=1S/C7H13BrSi/c1-5-6-7(8)9(2,3)4/h5H,1-4H3. The van der Waals surface area contributed by atoms with Crippen LogP contribution in [-0.2, 0) is 0 Å². The molecule has 0 rings (SSSR count). The Labute approximate surface area is 66.8 Å². The molecular formula is C7H13BrSi. The van der Waals surface area contributed by atoms with Gasteiger partial charge in [-0.25, -0.2) is 0 Å². The fourth-order valence-corrected chi connectivity index (χ4v) is 1.15. The smallest absolute Gasteiger partial charge is 0.0966 e. The van der Waals surface area contributed by atoms with Gasteiger partial charge in [0.2, 0.25) is 0 Å². The van der Waals surface area contributed by atoms with E-state index in [9.17, 15) is 0 Å². The van der Waals surface area contributed by atoms with Gasteiger partial charge in [-0.05, 0) is 13.0 Å². The molecule has 52 valence electrons. The number of hydrogen-bond acceptors (Lipinski definition) is 0. The Morgan fingerprint density at radius 3 is 2.00 bits per heavy atom. The van der Waals surface area contributed by atoms with E-state index in [0.29, 0.717) is 0 Å². The van der Waals surface area contributed by atoms with Gasteiger partial charge in [-0.15, -0.1) is 5.73 Å². The SMILES string of the molecule is CC=C=C(Br)[Si](C)(C)C. The van der Waals surface area contributed by atoms with Crippen molar-refractivity contribution < 1.29 is 0 Å². The Morgan fingerprint density at radius 1 is 1.44 bits per heavy atom. The number of hydrogen-bond donors (Lipinski definition) is 0. The quantitative estimate of drug-likeness (QED) is 0.455. The highest BCUT2D eigenvalue weighted by Crippen LogP contribution is 2.18. The second kappa shape index (κ2) is 3.40. The summed E-state index contributed by atoms with van der Waals surface area (Å²) in [7, 11) is -1.09. The summed E-state index contributed by atoms with van der Waals surface area (Å²) in [5, 5.41) is 0. The van der Waals surface area contributed by atoms with Crippen LogP contribution in [0.3, 0.4) is 0 Å². The minimum atomic E-state index is -1.09. The third-order valence-corrected chi connectivity index (χ3v) is 6.19. The van der Waals surface area contributed by atoms with E-state index in [1.54, 1.807) is 0 Å². The highest BCUT2D eigenvalue weighted by atomic mass is 79.9. The molecule has 0 N–H and O–H groups in total. The molecule has 0 aliphatic rings. The molecule has 0 bridgehead atoms. The van der Waals surface area contributed by atoms with Crippen LogP contribution in [0.1, 0.15) is 6.92 Å². The normalized spacial score (nSPS) is 10.3. The lowest BCUT2D eigenvalue weighted by atomic mass is 10.7. The highest BCUT2D eigenvalue weighted by Gasteiger charge is 2.15. The predicted molar refractivity (Wildman–Crippen MR) is 49.5 cm³/mol. The molecule has 2 heteroatoms. The van der Waals surface area contributed by atoms with Gasteiger partial charge in [-0.2, -0.15) is 0 Å². The summed E-state index contributed by atoms with van der Waals surface area (Å²) < 4.78 is 1.26. The summed E-state index contributed by atoms with van der Waals surface area (Å²) >= 11 is 3.49. The summed E-state index contributed by atoms with van der Waals surface area (Å²) in [4.78, 5) is 0. The summed E-state index contributed by atoms with van der Waals surface area (Å²) in [6.07, 6.45) is 1.95. The zero-order chi connectivity index (χ0) is 7.49. The van der Waals surface area contributed by atoms with Crippen LogP contribution in [0.5, 0.6) is 0 Å². The van der Waals surface area contributed by atoms with Gasteiger partial charge in [0.1, 0.15) is 0 Å². The van der Waals surface area contributed by atoms with E-state index in [0.717, 1.165) is 0 Å². The number of allylic oxidation sites excluding steroid dienone is 1. The molecule has 0 saturated carbocycles. The molecule has 0 saturated heterocycles. The van der Waals surface area contributed by atoms with Crippen molar-refractivity contribution in [3.05, 3.63) is 15.9 Å². The molecule has 0 aromatic rings. The van der Waals surface area contributed by atoms with Crippen molar-refractivity contribution in [2.45, 2.75) is 26.6 Å². The molecule has 0 aromatic heterocycles. The van der Waals surface area contributed by atoms with Crippen LogP contribution >= 0.6 is 15.9 Å². The molecule has 0 amide bonds. The van der Waals surface area contributed by atoms with Crippen LogP contribution in [0.25, 0.3) is 0 Å². The van der Waals surface area contributed by atoms with E-state index >= 15 is 0 Å². The molecule has 0 unspecified atom stereocenters. The van der Waals surface area contributed by atoms with E-state index < -0.39 is 8.07 Å². The first-order chi connectivity index (χ1) is 3.98. The topological polar surface area (TPSA) is 0 Å². The largest absolute Gasteiger partial charge is 0.119 e. The molecule has 9 heavy (non-hydrogen) atoms. The van der Waals surface area contributed by atoms with Gasteiger partial charge in [0.25, 0.3) is 0 Å². The summed E-state index contributed by atoms with van der Waals surface area (Å²) in [5.74, 6) is 0. The van der Waals surface area contributed by atoms with E-state index in [1.165, 1.54) is 4.11 Å². The molecule has 0 aromatic carbocycles. The average Bonchev–Trinajstić information content (AvgIpc) is 1.64. The Kier molecular flexibility index (Phi) is 3.48. The van der Waals surface area contributed by atoms with Crippen LogP contribution in [-0.4, -0.2) is 8.07 Å². The molecule has 0 aliphatic heterocycles. The third kappa shape index (κ3) is 3.74. The summed E-state index contributed by atoms with van der Waals surface area (Å²) in [6, 6.07) is 0. The minimum Gasteiger partial charge on any atom is -0.119 e. The van der Waals surface area contributed by atoms with Gasteiger partial charge in [-0.3, -0.25) is 0 Å². The van der Waals surface area contributed by atoms with Crippen molar-refractivity contribution in [1.82, 2.24) is 0 Å².